The number of nitrogens with zero attached hydrogens (tertiary/aromatic N) is 1. The van der Waals surface area contributed by atoms with E-state index in [4.69, 9.17) is 5.11 Å². The molecule has 1 aromatic carbocycles. The van der Waals surface area contributed by atoms with Gasteiger partial charge in [0.25, 0.3) is 0 Å². The molecule has 0 atom stereocenters. The van der Waals surface area contributed by atoms with Crippen molar-refractivity contribution in [2.45, 2.75) is 40.5 Å². The number of hydrogen-bond donors (Lipinski definition) is 1. The summed E-state index contributed by atoms with van der Waals surface area (Å²) < 4.78 is 2.24. The first-order valence-corrected chi connectivity index (χ1v) is 6.88. The highest BCUT2D eigenvalue weighted by molar-refractivity contribution is 5.67. The molecule has 0 radical (unpaired) electrons. The van der Waals surface area contributed by atoms with Gasteiger partial charge in [-0.2, -0.15) is 0 Å². The van der Waals surface area contributed by atoms with Crippen molar-refractivity contribution in [3.05, 3.63) is 52.3 Å². The number of hydrogen-bond acceptors (Lipinski definition) is 1. The molecule has 2 aromatic rings. The molecule has 0 saturated carbocycles. The van der Waals surface area contributed by atoms with Crippen molar-refractivity contribution in [1.29, 1.82) is 0 Å². The first kappa shape index (κ1) is 14.4. The lowest BCUT2D eigenvalue weighted by Crippen LogP contribution is -2.05. The number of carbonyl (C=O) groups is 1. The molecule has 0 aliphatic carbocycles. The summed E-state index contributed by atoms with van der Waals surface area (Å²) in [7, 11) is 0. The van der Waals surface area contributed by atoms with Crippen LogP contribution in [0.2, 0.25) is 0 Å². The molecule has 3 nitrogen and oxygen atoms in total. The largest absolute Gasteiger partial charge is 0.481 e. The van der Waals surface area contributed by atoms with E-state index in [9.17, 15) is 4.79 Å². The van der Waals surface area contributed by atoms with Gasteiger partial charge >= 0.3 is 5.97 Å². The maximum atomic E-state index is 10.7. The second kappa shape index (κ2) is 5.53. The van der Waals surface area contributed by atoms with E-state index < -0.39 is 5.97 Å². The zero-order chi connectivity index (χ0) is 14.9. The number of rotatable bonds is 4. The molecule has 0 fully saturated rings. The molecule has 1 heterocycles. The summed E-state index contributed by atoms with van der Waals surface area (Å²) in [5.74, 6) is -0.748. The van der Waals surface area contributed by atoms with Crippen molar-refractivity contribution < 1.29 is 9.90 Å². The van der Waals surface area contributed by atoms with Gasteiger partial charge in [0.2, 0.25) is 0 Å². The highest BCUT2D eigenvalue weighted by atomic mass is 16.4. The average molecular weight is 271 g/mol. The van der Waals surface area contributed by atoms with Crippen molar-refractivity contribution in [3.8, 4) is 5.69 Å². The molecule has 0 saturated heterocycles. The fourth-order valence-corrected chi connectivity index (χ4v) is 2.83. The summed E-state index contributed by atoms with van der Waals surface area (Å²) in [5, 5.41) is 8.84. The molecule has 0 amide bonds. The van der Waals surface area contributed by atoms with Crippen LogP contribution in [0, 0.1) is 27.7 Å². The van der Waals surface area contributed by atoms with E-state index >= 15 is 0 Å². The van der Waals surface area contributed by atoms with Crippen LogP contribution in [0.3, 0.4) is 0 Å². The third-order valence-electron chi connectivity index (χ3n) is 3.81. The Kier molecular flexibility index (Phi) is 3.98. The van der Waals surface area contributed by atoms with Gasteiger partial charge in [-0.3, -0.25) is 4.79 Å². The van der Waals surface area contributed by atoms with Crippen molar-refractivity contribution in [1.82, 2.24) is 4.57 Å². The molecule has 0 bridgehead atoms. The number of benzene rings is 1. The van der Waals surface area contributed by atoms with Crippen molar-refractivity contribution >= 4 is 5.97 Å². The van der Waals surface area contributed by atoms with Gasteiger partial charge in [-0.05, 0) is 56.9 Å². The van der Waals surface area contributed by atoms with Crippen LogP contribution in [0.25, 0.3) is 5.69 Å². The minimum atomic E-state index is -0.748. The van der Waals surface area contributed by atoms with Gasteiger partial charge in [0, 0.05) is 17.8 Å². The molecular weight excluding hydrogens is 250 g/mol. The average Bonchev–Trinajstić information content (AvgIpc) is 2.63. The van der Waals surface area contributed by atoms with E-state index in [-0.39, 0.29) is 6.42 Å². The topological polar surface area (TPSA) is 42.2 Å². The number of aromatic nitrogens is 1. The van der Waals surface area contributed by atoms with Crippen molar-refractivity contribution in [2.24, 2.45) is 0 Å². The van der Waals surface area contributed by atoms with E-state index in [1.807, 2.05) is 0 Å². The van der Waals surface area contributed by atoms with Crippen molar-refractivity contribution in [2.75, 3.05) is 0 Å². The van der Waals surface area contributed by atoms with Gasteiger partial charge in [-0.1, -0.05) is 18.2 Å². The van der Waals surface area contributed by atoms with E-state index in [1.54, 1.807) is 0 Å². The second-order valence-corrected chi connectivity index (χ2v) is 5.37. The first-order chi connectivity index (χ1) is 9.41. The monoisotopic (exact) mass is 271 g/mol. The molecule has 20 heavy (non-hydrogen) atoms. The van der Waals surface area contributed by atoms with E-state index in [1.165, 1.54) is 16.8 Å². The third kappa shape index (κ3) is 2.62. The van der Waals surface area contributed by atoms with Crippen LogP contribution >= 0.6 is 0 Å². The first-order valence-electron chi connectivity index (χ1n) is 6.88. The normalized spacial score (nSPS) is 10.8. The molecule has 0 aliphatic rings. The van der Waals surface area contributed by atoms with Crippen LogP contribution in [0.15, 0.2) is 24.3 Å². The Morgan fingerprint density at radius 1 is 1.15 bits per heavy atom. The Morgan fingerprint density at radius 2 is 1.75 bits per heavy atom. The Morgan fingerprint density at radius 3 is 2.30 bits per heavy atom. The Bertz CT molecular complexity index is 633. The molecule has 3 heteroatoms. The Balaban J connectivity index is 2.50. The lowest BCUT2D eigenvalue weighted by Gasteiger charge is -2.16. The maximum absolute atomic E-state index is 10.7. The fourth-order valence-electron chi connectivity index (χ4n) is 2.83. The molecular formula is C17H21NO2. The molecule has 0 spiro atoms. The summed E-state index contributed by atoms with van der Waals surface area (Å²) in [5.41, 5.74) is 7.09. The van der Waals surface area contributed by atoms with Gasteiger partial charge < -0.3 is 9.67 Å². The Labute approximate surface area is 119 Å². The molecule has 106 valence electrons. The minimum absolute atomic E-state index is 0.178. The van der Waals surface area contributed by atoms with Crippen LogP contribution in [-0.2, 0) is 11.2 Å². The maximum Gasteiger partial charge on any atom is 0.303 e. The molecule has 1 aromatic heterocycles. The summed E-state index contributed by atoms with van der Waals surface area (Å²) in [6, 6.07) is 8.38. The third-order valence-corrected chi connectivity index (χ3v) is 3.81. The van der Waals surface area contributed by atoms with Gasteiger partial charge in [0.1, 0.15) is 0 Å². The molecule has 0 aliphatic heterocycles. The lowest BCUT2D eigenvalue weighted by molar-refractivity contribution is -0.136. The number of carboxylic acid groups (broad SMARTS) is 1. The van der Waals surface area contributed by atoms with E-state index in [2.05, 4.69) is 56.5 Å². The second-order valence-electron chi connectivity index (χ2n) is 5.37. The van der Waals surface area contributed by atoms with Gasteiger partial charge in [-0.25, -0.2) is 0 Å². The zero-order valence-corrected chi connectivity index (χ0v) is 12.5. The van der Waals surface area contributed by atoms with Crippen LogP contribution in [0.1, 0.15) is 34.5 Å². The van der Waals surface area contributed by atoms with Crippen LogP contribution in [0.5, 0.6) is 0 Å². The number of aliphatic carboxylic acids is 1. The summed E-state index contributed by atoms with van der Waals surface area (Å²) in [4.78, 5) is 10.7. The van der Waals surface area contributed by atoms with Crippen LogP contribution < -0.4 is 0 Å². The van der Waals surface area contributed by atoms with Crippen LogP contribution in [0.4, 0.5) is 0 Å². The van der Waals surface area contributed by atoms with Gasteiger partial charge in [-0.15, -0.1) is 0 Å². The molecule has 0 unspecified atom stereocenters. The summed E-state index contributed by atoms with van der Waals surface area (Å²) >= 11 is 0. The standard InChI is InChI=1S/C17H21NO2/c1-11-6-5-7-12(2)17(11)18-13(3)10-15(14(18)4)8-9-16(19)20/h5-7,10H,8-9H2,1-4H3,(H,19,20). The SMILES string of the molecule is Cc1cccc(C)c1-n1c(C)cc(CCC(=O)O)c1C. The lowest BCUT2D eigenvalue weighted by atomic mass is 10.1. The van der Waals surface area contributed by atoms with E-state index in [0.29, 0.717) is 6.42 Å². The van der Waals surface area contributed by atoms with Crippen LogP contribution in [-0.4, -0.2) is 15.6 Å². The highest BCUT2D eigenvalue weighted by Crippen LogP contribution is 2.26. The molecule has 1 N–H and O–H groups in total. The zero-order valence-electron chi connectivity index (χ0n) is 12.5. The summed E-state index contributed by atoms with van der Waals surface area (Å²) in [6.45, 7) is 8.36. The predicted molar refractivity (Wildman–Crippen MR) is 80.7 cm³/mol. The summed E-state index contributed by atoms with van der Waals surface area (Å²) in [6.07, 6.45) is 0.761. The Hall–Kier alpha value is -2.03. The number of carboxylic acids is 1. The predicted octanol–water partition coefficient (Wildman–Crippen LogP) is 3.73. The van der Waals surface area contributed by atoms with E-state index in [0.717, 1.165) is 17.0 Å². The smallest absolute Gasteiger partial charge is 0.303 e. The number of para-hydroxylation sites is 1. The molecule has 2 rings (SSSR count). The van der Waals surface area contributed by atoms with Gasteiger partial charge in [0.15, 0.2) is 0 Å². The highest BCUT2D eigenvalue weighted by Gasteiger charge is 2.14. The quantitative estimate of drug-likeness (QED) is 0.920. The minimum Gasteiger partial charge on any atom is -0.481 e. The fraction of sp³-hybridized carbons (Fsp3) is 0.353. The van der Waals surface area contributed by atoms with Crippen molar-refractivity contribution in [3.63, 3.8) is 0 Å². The number of aryl methyl sites for hydroxylation is 4. The van der Waals surface area contributed by atoms with Gasteiger partial charge in [0.05, 0.1) is 5.69 Å².